The van der Waals surface area contributed by atoms with Gasteiger partial charge in [0.05, 0.1) is 26.5 Å². The first-order chi connectivity index (χ1) is 11.8. The van der Waals surface area contributed by atoms with E-state index in [0.29, 0.717) is 13.3 Å². The van der Waals surface area contributed by atoms with Gasteiger partial charge in [-0.3, -0.25) is 4.90 Å². The van der Waals surface area contributed by atoms with Crippen LogP contribution in [-0.4, -0.2) is 38.0 Å². The zero-order valence-corrected chi connectivity index (χ0v) is 14.4. The van der Waals surface area contributed by atoms with E-state index < -0.39 is 0 Å². The molecule has 0 aromatic heterocycles. The fourth-order valence-corrected chi connectivity index (χ4v) is 3.21. The summed E-state index contributed by atoms with van der Waals surface area (Å²) in [4.78, 5) is 2.34. The average Bonchev–Trinajstić information content (AvgIpc) is 2.63. The van der Waals surface area contributed by atoms with E-state index in [9.17, 15) is 0 Å². The lowest BCUT2D eigenvalue weighted by Gasteiger charge is -2.41. The highest BCUT2D eigenvalue weighted by Crippen LogP contribution is 2.32. The minimum Gasteiger partial charge on any atom is -0.497 e. The van der Waals surface area contributed by atoms with Gasteiger partial charge in [-0.1, -0.05) is 37.3 Å². The molecule has 0 aliphatic carbocycles. The monoisotopic (exact) mass is 327 g/mol. The molecule has 24 heavy (non-hydrogen) atoms. The van der Waals surface area contributed by atoms with Crippen molar-refractivity contribution in [2.24, 2.45) is 0 Å². The van der Waals surface area contributed by atoms with Crippen LogP contribution < -0.4 is 9.47 Å². The summed E-state index contributed by atoms with van der Waals surface area (Å²) < 4.78 is 17.5. The van der Waals surface area contributed by atoms with Gasteiger partial charge in [0, 0.05) is 6.54 Å². The lowest BCUT2D eigenvalue weighted by Crippen LogP contribution is -2.48. The van der Waals surface area contributed by atoms with Gasteiger partial charge in [-0.05, 0) is 36.2 Å². The van der Waals surface area contributed by atoms with Crippen molar-refractivity contribution >= 4 is 0 Å². The molecule has 128 valence electrons. The smallest absolute Gasteiger partial charge is 0.142 e. The number of para-hydroxylation sites is 1. The van der Waals surface area contributed by atoms with E-state index in [2.05, 4.69) is 24.0 Å². The van der Waals surface area contributed by atoms with Gasteiger partial charge in [-0.25, -0.2) is 0 Å². The van der Waals surface area contributed by atoms with E-state index in [1.54, 1.807) is 7.11 Å². The van der Waals surface area contributed by atoms with Crippen LogP contribution in [0.3, 0.4) is 0 Å². The molecule has 3 rings (SSSR count). The van der Waals surface area contributed by atoms with Gasteiger partial charge in [0.25, 0.3) is 0 Å². The van der Waals surface area contributed by atoms with E-state index in [-0.39, 0.29) is 12.1 Å². The van der Waals surface area contributed by atoms with Gasteiger partial charge in [-0.15, -0.1) is 0 Å². The SMILES string of the molecule is CCCN1COC[C@@H](Oc2ccccc2)[C@H]1c1cccc(OC)c1. The molecule has 2 aromatic carbocycles. The molecule has 2 atom stereocenters. The molecule has 2 aromatic rings. The summed E-state index contributed by atoms with van der Waals surface area (Å²) in [6, 6.07) is 18.3. The molecule has 0 unspecified atom stereocenters. The van der Waals surface area contributed by atoms with Crippen LogP contribution in [0.4, 0.5) is 0 Å². The predicted octanol–water partition coefficient (Wildman–Crippen LogP) is 3.88. The molecular weight excluding hydrogens is 302 g/mol. The fourth-order valence-electron chi connectivity index (χ4n) is 3.21. The highest BCUT2D eigenvalue weighted by molar-refractivity contribution is 5.32. The third-order valence-corrected chi connectivity index (χ3v) is 4.26. The largest absolute Gasteiger partial charge is 0.497 e. The maximum Gasteiger partial charge on any atom is 0.142 e. The zero-order valence-electron chi connectivity index (χ0n) is 14.4. The van der Waals surface area contributed by atoms with E-state index >= 15 is 0 Å². The Labute approximate surface area is 144 Å². The lowest BCUT2D eigenvalue weighted by atomic mass is 9.98. The first kappa shape index (κ1) is 16.8. The second-order valence-electron chi connectivity index (χ2n) is 6.00. The molecule has 4 heteroatoms. The fraction of sp³-hybridized carbons (Fsp3) is 0.400. The third-order valence-electron chi connectivity index (χ3n) is 4.26. The molecule has 0 bridgehead atoms. The van der Waals surface area contributed by atoms with Gasteiger partial charge in [0.2, 0.25) is 0 Å². The molecule has 1 fully saturated rings. The summed E-state index contributed by atoms with van der Waals surface area (Å²) in [5.41, 5.74) is 1.20. The van der Waals surface area contributed by atoms with Crippen LogP contribution in [0.5, 0.6) is 11.5 Å². The summed E-state index contributed by atoms with van der Waals surface area (Å²) >= 11 is 0. The van der Waals surface area contributed by atoms with Gasteiger partial charge in [0.1, 0.15) is 17.6 Å². The third kappa shape index (κ3) is 3.89. The number of nitrogens with zero attached hydrogens (tertiary/aromatic N) is 1. The lowest BCUT2D eigenvalue weighted by molar-refractivity contribution is -0.111. The predicted molar refractivity (Wildman–Crippen MR) is 94.4 cm³/mol. The van der Waals surface area contributed by atoms with Crippen molar-refractivity contribution in [3.63, 3.8) is 0 Å². The summed E-state index contributed by atoms with van der Waals surface area (Å²) in [7, 11) is 1.70. The Morgan fingerprint density at radius 3 is 2.62 bits per heavy atom. The standard InChI is InChI=1S/C20H25NO3/c1-3-12-21-15-23-14-19(24-17-9-5-4-6-10-17)20(21)16-8-7-11-18(13-16)22-2/h4-11,13,19-20H,3,12,14-15H2,1-2H3/t19-,20-/m1/s1. The number of benzene rings is 2. The van der Waals surface area contributed by atoms with Crippen molar-refractivity contribution < 1.29 is 14.2 Å². The van der Waals surface area contributed by atoms with Crippen molar-refractivity contribution in [1.29, 1.82) is 0 Å². The maximum atomic E-state index is 6.26. The van der Waals surface area contributed by atoms with E-state index in [0.717, 1.165) is 24.5 Å². The van der Waals surface area contributed by atoms with Crippen LogP contribution in [0.1, 0.15) is 24.9 Å². The van der Waals surface area contributed by atoms with E-state index in [1.165, 1.54) is 5.56 Å². The molecule has 1 heterocycles. The molecule has 1 saturated heterocycles. The Hall–Kier alpha value is -2.04. The van der Waals surface area contributed by atoms with Crippen LogP contribution in [0, 0.1) is 0 Å². The Bertz CT molecular complexity index is 630. The molecule has 0 amide bonds. The van der Waals surface area contributed by atoms with Crippen LogP contribution in [0.2, 0.25) is 0 Å². The van der Waals surface area contributed by atoms with Crippen molar-refractivity contribution in [2.45, 2.75) is 25.5 Å². The summed E-state index contributed by atoms with van der Waals surface area (Å²) in [5, 5.41) is 0. The first-order valence-electron chi connectivity index (χ1n) is 8.49. The summed E-state index contributed by atoms with van der Waals surface area (Å²) in [6.45, 7) is 4.36. The van der Waals surface area contributed by atoms with Crippen LogP contribution in [-0.2, 0) is 4.74 Å². The number of ether oxygens (including phenoxy) is 3. The zero-order chi connectivity index (χ0) is 16.8. The van der Waals surface area contributed by atoms with Gasteiger partial charge >= 0.3 is 0 Å². The Morgan fingerprint density at radius 1 is 1.08 bits per heavy atom. The van der Waals surface area contributed by atoms with Crippen LogP contribution in [0.25, 0.3) is 0 Å². The minimum atomic E-state index is -0.0557. The van der Waals surface area contributed by atoms with Crippen LogP contribution >= 0.6 is 0 Å². The number of hydrogen-bond acceptors (Lipinski definition) is 4. The minimum absolute atomic E-state index is 0.0557. The topological polar surface area (TPSA) is 30.9 Å². The average molecular weight is 327 g/mol. The highest BCUT2D eigenvalue weighted by Gasteiger charge is 2.34. The first-order valence-corrected chi connectivity index (χ1v) is 8.49. The van der Waals surface area contributed by atoms with Crippen molar-refractivity contribution in [1.82, 2.24) is 4.90 Å². The molecule has 0 N–H and O–H groups in total. The quantitative estimate of drug-likeness (QED) is 0.805. The molecular formula is C20H25NO3. The van der Waals surface area contributed by atoms with E-state index in [1.807, 2.05) is 42.5 Å². The van der Waals surface area contributed by atoms with E-state index in [4.69, 9.17) is 14.2 Å². The van der Waals surface area contributed by atoms with Gasteiger partial charge < -0.3 is 14.2 Å². The van der Waals surface area contributed by atoms with Crippen molar-refractivity contribution in [2.75, 3.05) is 27.0 Å². The summed E-state index contributed by atoms with van der Waals surface area (Å²) in [5.74, 6) is 1.74. The highest BCUT2D eigenvalue weighted by atomic mass is 16.5. The van der Waals surface area contributed by atoms with Crippen LogP contribution in [0.15, 0.2) is 54.6 Å². The van der Waals surface area contributed by atoms with Gasteiger partial charge in [-0.2, -0.15) is 0 Å². The Morgan fingerprint density at radius 2 is 1.88 bits per heavy atom. The Kier molecular flexibility index (Phi) is 5.72. The molecule has 1 aliphatic rings. The normalized spacial score (nSPS) is 21.4. The second-order valence-corrected chi connectivity index (χ2v) is 6.00. The molecule has 4 nitrogen and oxygen atoms in total. The molecule has 0 spiro atoms. The van der Waals surface area contributed by atoms with Gasteiger partial charge in [0.15, 0.2) is 0 Å². The molecule has 0 saturated carbocycles. The van der Waals surface area contributed by atoms with Crippen molar-refractivity contribution in [3.8, 4) is 11.5 Å². The summed E-state index contributed by atoms with van der Waals surface area (Å²) in [6.07, 6.45) is 1.02. The Balaban J connectivity index is 1.89. The second kappa shape index (κ2) is 8.18. The number of methoxy groups -OCH3 is 1. The number of hydrogen-bond donors (Lipinski definition) is 0. The molecule has 1 aliphatic heterocycles. The molecule has 0 radical (unpaired) electrons. The maximum absolute atomic E-state index is 6.26. The van der Waals surface area contributed by atoms with Crippen molar-refractivity contribution in [3.05, 3.63) is 60.2 Å². The number of rotatable bonds is 6.